The summed E-state index contributed by atoms with van der Waals surface area (Å²) in [7, 11) is 2.09. The maximum Gasteiger partial charge on any atom is 0.0771 e. The van der Waals surface area contributed by atoms with E-state index < -0.39 is 0 Å². The van der Waals surface area contributed by atoms with Gasteiger partial charge in [-0.15, -0.1) is 0 Å². The van der Waals surface area contributed by atoms with Gasteiger partial charge in [0.1, 0.15) is 0 Å². The van der Waals surface area contributed by atoms with Crippen LogP contribution in [0.5, 0.6) is 0 Å². The summed E-state index contributed by atoms with van der Waals surface area (Å²) in [6.45, 7) is 10.2. The summed E-state index contributed by atoms with van der Waals surface area (Å²) in [5.74, 6) is 0. The van der Waals surface area contributed by atoms with Crippen molar-refractivity contribution in [1.29, 1.82) is 0 Å². The molecule has 0 bridgehead atoms. The average Bonchev–Trinajstić information content (AvgIpc) is 2.26. The Morgan fingerprint density at radius 1 is 1.35 bits per heavy atom. The van der Waals surface area contributed by atoms with E-state index in [1.54, 1.807) is 0 Å². The van der Waals surface area contributed by atoms with Gasteiger partial charge in [0.2, 0.25) is 0 Å². The lowest BCUT2D eigenvalue weighted by Crippen LogP contribution is -2.31. The Balaban J connectivity index is 3.71. The second-order valence-electron chi connectivity index (χ2n) is 5.58. The zero-order valence-electron chi connectivity index (χ0n) is 11.9. The third-order valence-corrected chi connectivity index (χ3v) is 2.96. The molecule has 0 aliphatic rings. The molecule has 0 aliphatic carbocycles. The maximum atomic E-state index is 9.40. The molecule has 0 amide bonds. The lowest BCUT2D eigenvalue weighted by atomic mass is 9.90. The van der Waals surface area contributed by atoms with Crippen molar-refractivity contribution in [3.8, 4) is 0 Å². The predicted molar refractivity (Wildman–Crippen MR) is 72.1 cm³/mol. The van der Waals surface area contributed by atoms with Crippen LogP contribution in [-0.2, 0) is 4.74 Å². The number of hydrogen-bond donors (Lipinski definition) is 2. The minimum absolute atomic E-state index is 0.149. The number of nitrogens with zero attached hydrogens (tertiary/aromatic N) is 1. The molecule has 1 unspecified atom stereocenters. The Labute approximate surface area is 106 Å². The van der Waals surface area contributed by atoms with Crippen molar-refractivity contribution in [1.82, 2.24) is 4.90 Å². The first kappa shape index (κ1) is 16.8. The van der Waals surface area contributed by atoms with Crippen molar-refractivity contribution >= 4 is 0 Å². The van der Waals surface area contributed by atoms with Crippen molar-refractivity contribution < 1.29 is 9.84 Å². The van der Waals surface area contributed by atoms with Crippen LogP contribution in [0.1, 0.15) is 33.6 Å². The van der Waals surface area contributed by atoms with Crippen LogP contribution >= 0.6 is 0 Å². The number of hydrogen-bond acceptors (Lipinski definition) is 4. The summed E-state index contributed by atoms with van der Waals surface area (Å²) in [4.78, 5) is 2.24. The van der Waals surface area contributed by atoms with E-state index in [1.807, 2.05) is 6.92 Å². The molecule has 0 aromatic heterocycles. The van der Waals surface area contributed by atoms with Gasteiger partial charge in [0.25, 0.3) is 0 Å². The van der Waals surface area contributed by atoms with Crippen LogP contribution in [0.15, 0.2) is 0 Å². The van der Waals surface area contributed by atoms with Gasteiger partial charge in [-0.05, 0) is 31.8 Å². The quantitative estimate of drug-likeness (QED) is 0.605. The summed E-state index contributed by atoms with van der Waals surface area (Å²) in [5.41, 5.74) is 5.65. The molecule has 3 N–H and O–H groups in total. The van der Waals surface area contributed by atoms with Gasteiger partial charge in [-0.2, -0.15) is 0 Å². The van der Waals surface area contributed by atoms with E-state index in [0.717, 1.165) is 25.9 Å². The van der Waals surface area contributed by atoms with E-state index in [1.165, 1.54) is 0 Å². The fourth-order valence-electron chi connectivity index (χ4n) is 1.49. The van der Waals surface area contributed by atoms with Gasteiger partial charge in [-0.3, -0.25) is 0 Å². The first-order chi connectivity index (χ1) is 7.91. The van der Waals surface area contributed by atoms with Crippen molar-refractivity contribution in [3.05, 3.63) is 0 Å². The van der Waals surface area contributed by atoms with E-state index >= 15 is 0 Å². The van der Waals surface area contributed by atoms with Crippen LogP contribution in [0.25, 0.3) is 0 Å². The Hall–Kier alpha value is -0.160. The van der Waals surface area contributed by atoms with E-state index in [-0.39, 0.29) is 11.5 Å². The third kappa shape index (κ3) is 9.53. The number of likely N-dealkylation sites (N-methyl/N-ethyl adjacent to an activating group) is 1. The van der Waals surface area contributed by atoms with E-state index in [9.17, 15) is 5.11 Å². The Bertz CT molecular complexity index is 186. The van der Waals surface area contributed by atoms with Crippen LogP contribution in [0.2, 0.25) is 0 Å². The van der Waals surface area contributed by atoms with Gasteiger partial charge in [0.05, 0.1) is 19.3 Å². The monoisotopic (exact) mass is 246 g/mol. The molecular formula is C13H30N2O2. The third-order valence-electron chi connectivity index (χ3n) is 2.96. The summed E-state index contributed by atoms with van der Waals surface area (Å²) in [6, 6.07) is 0. The van der Waals surface area contributed by atoms with E-state index in [4.69, 9.17) is 10.5 Å². The highest BCUT2D eigenvalue weighted by molar-refractivity contribution is 4.70. The van der Waals surface area contributed by atoms with E-state index in [0.29, 0.717) is 19.8 Å². The van der Waals surface area contributed by atoms with Gasteiger partial charge in [-0.25, -0.2) is 0 Å². The first-order valence-electron chi connectivity index (χ1n) is 6.55. The van der Waals surface area contributed by atoms with Gasteiger partial charge < -0.3 is 20.5 Å². The molecule has 0 fully saturated rings. The normalized spacial score (nSPS) is 14.3. The molecule has 0 aromatic rings. The number of nitrogens with two attached hydrogens (primary N) is 1. The first-order valence-corrected chi connectivity index (χ1v) is 6.55. The maximum absolute atomic E-state index is 9.40. The highest BCUT2D eigenvalue weighted by Gasteiger charge is 2.19. The lowest BCUT2D eigenvalue weighted by Gasteiger charge is -2.27. The Morgan fingerprint density at radius 3 is 2.53 bits per heavy atom. The van der Waals surface area contributed by atoms with E-state index in [2.05, 4.69) is 25.8 Å². The van der Waals surface area contributed by atoms with Crippen molar-refractivity contribution in [2.45, 2.75) is 39.7 Å². The van der Waals surface area contributed by atoms with Gasteiger partial charge in [-0.1, -0.05) is 20.8 Å². The molecule has 4 nitrogen and oxygen atoms in total. The van der Waals surface area contributed by atoms with Crippen molar-refractivity contribution in [2.24, 2.45) is 11.1 Å². The van der Waals surface area contributed by atoms with Crippen LogP contribution in [-0.4, -0.2) is 56.0 Å². The second kappa shape index (κ2) is 8.86. The smallest absolute Gasteiger partial charge is 0.0771 e. The van der Waals surface area contributed by atoms with Crippen LogP contribution in [0.4, 0.5) is 0 Å². The number of rotatable bonds is 10. The van der Waals surface area contributed by atoms with Gasteiger partial charge in [0.15, 0.2) is 0 Å². The molecule has 0 saturated carbocycles. The summed E-state index contributed by atoms with van der Waals surface area (Å²) in [6.07, 6.45) is 1.50. The second-order valence-corrected chi connectivity index (χ2v) is 5.58. The fraction of sp³-hybridized carbons (Fsp3) is 1.00. The average molecular weight is 246 g/mol. The fourth-order valence-corrected chi connectivity index (χ4v) is 1.49. The minimum atomic E-state index is -0.328. The van der Waals surface area contributed by atoms with Gasteiger partial charge in [0, 0.05) is 13.1 Å². The van der Waals surface area contributed by atoms with Crippen molar-refractivity contribution in [3.63, 3.8) is 0 Å². The highest BCUT2D eigenvalue weighted by atomic mass is 16.5. The molecule has 0 heterocycles. The van der Waals surface area contributed by atoms with Crippen molar-refractivity contribution in [2.75, 3.05) is 39.9 Å². The highest BCUT2D eigenvalue weighted by Crippen LogP contribution is 2.21. The molecule has 0 aromatic carbocycles. The molecule has 0 spiro atoms. The molecule has 4 heteroatoms. The molecule has 1 atom stereocenters. The predicted octanol–water partition coefficient (Wildman–Crippen LogP) is 1.08. The molecule has 0 rings (SSSR count). The standard InChI is InChI=1S/C13H30N2O2/c1-5-12(16)10-17-11-13(2,3)6-8-15(4)9-7-14/h12,16H,5-11,14H2,1-4H3. The lowest BCUT2D eigenvalue weighted by molar-refractivity contribution is -0.00284. The van der Waals surface area contributed by atoms with Crippen LogP contribution in [0, 0.1) is 5.41 Å². The van der Waals surface area contributed by atoms with Crippen LogP contribution in [0.3, 0.4) is 0 Å². The number of aliphatic hydroxyl groups excluding tert-OH is 1. The molecule has 0 radical (unpaired) electrons. The molecule has 104 valence electrons. The summed E-state index contributed by atoms with van der Waals surface area (Å²) < 4.78 is 5.55. The summed E-state index contributed by atoms with van der Waals surface area (Å²) in [5, 5.41) is 9.40. The summed E-state index contributed by atoms with van der Waals surface area (Å²) >= 11 is 0. The van der Waals surface area contributed by atoms with Crippen LogP contribution < -0.4 is 5.73 Å². The number of aliphatic hydroxyl groups is 1. The zero-order chi connectivity index (χ0) is 13.3. The largest absolute Gasteiger partial charge is 0.391 e. The van der Waals surface area contributed by atoms with Gasteiger partial charge >= 0.3 is 0 Å². The molecular weight excluding hydrogens is 216 g/mol. The molecule has 0 aliphatic heterocycles. The zero-order valence-corrected chi connectivity index (χ0v) is 11.9. The minimum Gasteiger partial charge on any atom is -0.391 e. The topological polar surface area (TPSA) is 58.7 Å². The molecule has 17 heavy (non-hydrogen) atoms. The Morgan fingerprint density at radius 2 is 2.00 bits per heavy atom. The molecule has 0 saturated heterocycles. The SMILES string of the molecule is CCC(O)COCC(C)(C)CCN(C)CCN. The Kier molecular flexibility index (Phi) is 8.78. The number of ether oxygens (including phenoxy) is 1.